The van der Waals surface area contributed by atoms with Gasteiger partial charge < -0.3 is 10.2 Å². The van der Waals surface area contributed by atoms with Gasteiger partial charge >= 0.3 is 0 Å². The molecule has 1 aliphatic rings. The maximum atomic E-state index is 12.8. The van der Waals surface area contributed by atoms with Crippen molar-refractivity contribution in [3.63, 3.8) is 0 Å². The predicted octanol–water partition coefficient (Wildman–Crippen LogP) is 4.13. The lowest BCUT2D eigenvalue weighted by molar-refractivity contribution is 0.0628. The zero-order valence-corrected chi connectivity index (χ0v) is 18.9. The Balaban J connectivity index is 1.58. The van der Waals surface area contributed by atoms with Crippen LogP contribution in [0.4, 0.5) is 0 Å². The van der Waals surface area contributed by atoms with Gasteiger partial charge in [-0.05, 0) is 63.1 Å². The third kappa shape index (κ3) is 5.83. The average molecular weight is 428 g/mol. The first-order chi connectivity index (χ1) is 14.1. The molecule has 2 aromatic carbocycles. The Labute approximate surface area is 184 Å². The van der Waals surface area contributed by atoms with E-state index in [2.05, 4.69) is 10.2 Å². The Morgan fingerprint density at radius 3 is 2.37 bits per heavy atom. The Hall–Kier alpha value is -2.37. The Bertz CT molecular complexity index is 928. The first kappa shape index (κ1) is 22.3. The minimum atomic E-state index is -0.268. The van der Waals surface area contributed by atoms with Crippen LogP contribution in [-0.2, 0) is 6.54 Å². The average Bonchev–Trinajstić information content (AvgIpc) is 2.67. The van der Waals surface area contributed by atoms with E-state index < -0.39 is 0 Å². The van der Waals surface area contributed by atoms with Gasteiger partial charge in [0.05, 0.1) is 10.6 Å². The molecule has 0 unspecified atom stereocenters. The quantitative estimate of drug-likeness (QED) is 0.797. The summed E-state index contributed by atoms with van der Waals surface area (Å²) in [6.07, 6.45) is 0. The third-order valence-electron chi connectivity index (χ3n) is 5.10. The number of nitrogens with one attached hydrogen (secondary N) is 1. The lowest BCUT2D eigenvalue weighted by Crippen LogP contribution is -2.48. The molecule has 1 aliphatic heterocycles. The third-order valence-corrected chi connectivity index (χ3v) is 5.41. The normalized spacial score (nSPS) is 15.2. The Morgan fingerprint density at radius 2 is 1.73 bits per heavy atom. The molecular weight excluding hydrogens is 398 g/mol. The summed E-state index contributed by atoms with van der Waals surface area (Å²) < 4.78 is 0. The summed E-state index contributed by atoms with van der Waals surface area (Å²) in [5.41, 5.74) is 3.10. The van der Waals surface area contributed by atoms with E-state index in [1.54, 1.807) is 6.07 Å². The van der Waals surface area contributed by atoms with Crippen LogP contribution in [0.2, 0.25) is 5.02 Å². The highest BCUT2D eigenvalue weighted by Gasteiger charge is 2.24. The number of hydrogen-bond acceptors (Lipinski definition) is 3. The van der Waals surface area contributed by atoms with Crippen molar-refractivity contribution in [2.75, 3.05) is 26.2 Å². The molecule has 6 heteroatoms. The number of piperazine rings is 1. The second-order valence-electron chi connectivity index (χ2n) is 8.96. The highest BCUT2D eigenvalue weighted by atomic mass is 35.5. The molecule has 2 amide bonds. The van der Waals surface area contributed by atoms with E-state index in [0.29, 0.717) is 29.2 Å². The summed E-state index contributed by atoms with van der Waals surface area (Å²) in [6, 6.07) is 13.3. The number of halogens is 1. The van der Waals surface area contributed by atoms with Crippen molar-refractivity contribution in [1.82, 2.24) is 15.1 Å². The first-order valence-electron chi connectivity index (χ1n) is 10.3. The molecule has 0 aliphatic carbocycles. The minimum Gasteiger partial charge on any atom is -0.347 e. The van der Waals surface area contributed by atoms with Crippen LogP contribution in [-0.4, -0.2) is 53.3 Å². The monoisotopic (exact) mass is 427 g/mol. The zero-order chi connectivity index (χ0) is 21.9. The van der Waals surface area contributed by atoms with E-state index in [4.69, 9.17) is 11.6 Å². The molecular formula is C24H30ClN3O2. The minimum absolute atomic E-state index is 0.0134. The number of rotatable bonds is 4. The molecule has 3 rings (SSSR count). The Morgan fingerprint density at radius 1 is 1.03 bits per heavy atom. The van der Waals surface area contributed by atoms with E-state index >= 15 is 0 Å². The van der Waals surface area contributed by atoms with E-state index in [1.165, 1.54) is 0 Å². The fraction of sp³-hybridized carbons (Fsp3) is 0.417. The van der Waals surface area contributed by atoms with Gasteiger partial charge in [0, 0.05) is 43.8 Å². The van der Waals surface area contributed by atoms with E-state index in [-0.39, 0.29) is 17.4 Å². The van der Waals surface area contributed by atoms with Crippen LogP contribution in [0.25, 0.3) is 0 Å². The fourth-order valence-electron chi connectivity index (χ4n) is 3.55. The number of nitrogens with zero attached hydrogens (tertiary/aromatic N) is 2. The van der Waals surface area contributed by atoms with Gasteiger partial charge in [-0.1, -0.05) is 29.8 Å². The van der Waals surface area contributed by atoms with Gasteiger partial charge in [-0.3, -0.25) is 14.5 Å². The smallest absolute Gasteiger partial charge is 0.255 e. The molecule has 160 valence electrons. The van der Waals surface area contributed by atoms with Crippen molar-refractivity contribution in [2.24, 2.45) is 0 Å². The second-order valence-corrected chi connectivity index (χ2v) is 9.36. The number of carbonyl (C=O) groups excluding carboxylic acids is 2. The van der Waals surface area contributed by atoms with Gasteiger partial charge in [0.25, 0.3) is 11.8 Å². The number of carbonyl (C=O) groups is 2. The number of aryl methyl sites for hydroxylation is 1. The van der Waals surface area contributed by atoms with Gasteiger partial charge in [-0.2, -0.15) is 0 Å². The van der Waals surface area contributed by atoms with Crippen LogP contribution in [0, 0.1) is 6.92 Å². The van der Waals surface area contributed by atoms with Crippen molar-refractivity contribution in [1.29, 1.82) is 0 Å². The van der Waals surface area contributed by atoms with Gasteiger partial charge in [-0.25, -0.2) is 0 Å². The fourth-order valence-corrected chi connectivity index (χ4v) is 3.87. The molecule has 1 heterocycles. The van der Waals surface area contributed by atoms with Crippen molar-refractivity contribution in [2.45, 2.75) is 39.8 Å². The van der Waals surface area contributed by atoms with Crippen molar-refractivity contribution < 1.29 is 9.59 Å². The standard InChI is InChI=1S/C24H30ClN3O2/c1-17-8-9-20(21(25)14-17)23(30)28-12-10-27(11-13-28)16-18-6-5-7-19(15-18)22(29)26-24(2,3)4/h5-9,14-15H,10-13,16H2,1-4H3,(H,26,29). The predicted molar refractivity (Wildman–Crippen MR) is 121 cm³/mol. The lowest BCUT2D eigenvalue weighted by atomic mass is 10.1. The molecule has 5 nitrogen and oxygen atoms in total. The molecule has 0 radical (unpaired) electrons. The molecule has 0 spiro atoms. The van der Waals surface area contributed by atoms with Crippen LogP contribution in [0.3, 0.4) is 0 Å². The lowest BCUT2D eigenvalue weighted by Gasteiger charge is -2.35. The summed E-state index contributed by atoms with van der Waals surface area (Å²) >= 11 is 6.27. The molecule has 2 aromatic rings. The van der Waals surface area contributed by atoms with Crippen molar-refractivity contribution >= 4 is 23.4 Å². The molecule has 30 heavy (non-hydrogen) atoms. The first-order valence-corrected chi connectivity index (χ1v) is 10.7. The van der Waals surface area contributed by atoms with Crippen LogP contribution < -0.4 is 5.32 Å². The highest BCUT2D eigenvalue weighted by Crippen LogP contribution is 2.20. The molecule has 1 N–H and O–H groups in total. The molecule has 0 atom stereocenters. The van der Waals surface area contributed by atoms with Gasteiger partial charge in [0.1, 0.15) is 0 Å². The van der Waals surface area contributed by atoms with Crippen LogP contribution in [0.15, 0.2) is 42.5 Å². The summed E-state index contributed by atoms with van der Waals surface area (Å²) in [6.45, 7) is 11.5. The molecule has 0 aromatic heterocycles. The summed E-state index contributed by atoms with van der Waals surface area (Å²) in [7, 11) is 0. The number of benzene rings is 2. The van der Waals surface area contributed by atoms with E-state index in [0.717, 1.165) is 30.8 Å². The largest absolute Gasteiger partial charge is 0.347 e. The second kappa shape index (κ2) is 9.19. The maximum Gasteiger partial charge on any atom is 0.255 e. The van der Waals surface area contributed by atoms with Gasteiger partial charge in [0.15, 0.2) is 0 Å². The topological polar surface area (TPSA) is 52.7 Å². The molecule has 1 saturated heterocycles. The van der Waals surface area contributed by atoms with Crippen LogP contribution in [0.1, 0.15) is 52.6 Å². The van der Waals surface area contributed by atoms with Gasteiger partial charge in [-0.15, -0.1) is 0 Å². The maximum absolute atomic E-state index is 12.8. The Kier molecular flexibility index (Phi) is 6.84. The van der Waals surface area contributed by atoms with Crippen LogP contribution >= 0.6 is 11.6 Å². The highest BCUT2D eigenvalue weighted by molar-refractivity contribution is 6.33. The van der Waals surface area contributed by atoms with Crippen molar-refractivity contribution in [3.8, 4) is 0 Å². The number of amides is 2. The van der Waals surface area contributed by atoms with Crippen molar-refractivity contribution in [3.05, 3.63) is 69.7 Å². The molecule has 0 bridgehead atoms. The zero-order valence-electron chi connectivity index (χ0n) is 18.2. The number of hydrogen-bond donors (Lipinski definition) is 1. The SMILES string of the molecule is Cc1ccc(C(=O)N2CCN(Cc3cccc(C(=O)NC(C)(C)C)c3)CC2)c(Cl)c1. The summed E-state index contributed by atoms with van der Waals surface area (Å²) in [5, 5.41) is 3.51. The van der Waals surface area contributed by atoms with E-state index in [1.807, 2.05) is 69.0 Å². The van der Waals surface area contributed by atoms with Gasteiger partial charge in [0.2, 0.25) is 0 Å². The summed E-state index contributed by atoms with van der Waals surface area (Å²) in [5.74, 6) is -0.0739. The van der Waals surface area contributed by atoms with E-state index in [9.17, 15) is 9.59 Å². The summed E-state index contributed by atoms with van der Waals surface area (Å²) in [4.78, 5) is 29.4. The molecule has 0 saturated carbocycles. The molecule has 1 fully saturated rings. The van der Waals surface area contributed by atoms with Crippen LogP contribution in [0.5, 0.6) is 0 Å².